The number of unbranched alkanes of at least 4 members (excludes halogenated alkanes) is 1. The monoisotopic (exact) mass is 476 g/mol. The van der Waals surface area contributed by atoms with E-state index in [2.05, 4.69) is 14.6 Å². The molecule has 1 saturated heterocycles. The summed E-state index contributed by atoms with van der Waals surface area (Å²) < 4.78 is 66.6. The minimum atomic E-state index is -4.43. The average molecular weight is 477 g/mol. The number of halogens is 4. The van der Waals surface area contributed by atoms with Crippen LogP contribution >= 0.6 is 11.6 Å². The number of hydrogen-bond donors (Lipinski definition) is 1. The third kappa shape index (κ3) is 6.55. The summed E-state index contributed by atoms with van der Waals surface area (Å²) in [7, 11) is -3.56. The van der Waals surface area contributed by atoms with Gasteiger partial charge in [0, 0.05) is 43.9 Å². The Kier molecular flexibility index (Phi) is 7.79. The number of pyridine rings is 1. The van der Waals surface area contributed by atoms with Gasteiger partial charge in [-0.05, 0) is 55.8 Å². The van der Waals surface area contributed by atoms with E-state index in [1.54, 1.807) is 4.90 Å². The third-order valence-corrected chi connectivity index (χ3v) is 6.81. The fourth-order valence-corrected chi connectivity index (χ4v) is 4.62. The third-order valence-electron chi connectivity index (χ3n) is 5.08. The van der Waals surface area contributed by atoms with Crippen LogP contribution in [0.5, 0.6) is 0 Å². The zero-order chi connectivity index (χ0) is 22.5. The van der Waals surface area contributed by atoms with Crippen molar-refractivity contribution in [3.05, 3.63) is 53.2 Å². The summed E-state index contributed by atoms with van der Waals surface area (Å²) >= 11 is 5.78. The highest BCUT2D eigenvalue weighted by molar-refractivity contribution is 7.89. The molecule has 0 unspecified atom stereocenters. The van der Waals surface area contributed by atoms with Gasteiger partial charge in [0.2, 0.25) is 10.0 Å². The van der Waals surface area contributed by atoms with E-state index in [0.717, 1.165) is 19.0 Å². The van der Waals surface area contributed by atoms with Gasteiger partial charge in [0.25, 0.3) is 0 Å². The summed E-state index contributed by atoms with van der Waals surface area (Å²) in [5, 5.41) is 0.469. The van der Waals surface area contributed by atoms with Crippen LogP contribution in [0.4, 0.5) is 19.0 Å². The molecular weight excluding hydrogens is 453 g/mol. The first-order valence-corrected chi connectivity index (χ1v) is 11.8. The number of aromatic nitrogens is 1. The summed E-state index contributed by atoms with van der Waals surface area (Å²) in [6.45, 7) is 3.25. The minimum absolute atomic E-state index is 0.0220. The first-order valence-electron chi connectivity index (χ1n) is 9.91. The number of sulfonamides is 1. The molecule has 0 aliphatic carbocycles. The van der Waals surface area contributed by atoms with Crippen molar-refractivity contribution in [1.82, 2.24) is 14.6 Å². The molecule has 1 aliphatic rings. The zero-order valence-corrected chi connectivity index (χ0v) is 18.3. The summed E-state index contributed by atoms with van der Waals surface area (Å²) in [5.41, 5.74) is -0.712. The lowest BCUT2D eigenvalue weighted by Crippen LogP contribution is -2.47. The maximum absolute atomic E-state index is 13.2. The summed E-state index contributed by atoms with van der Waals surface area (Å²) in [6.07, 6.45) is -1.62. The molecule has 1 aromatic heterocycles. The number of hydrogen-bond acceptors (Lipinski definition) is 5. The van der Waals surface area contributed by atoms with Gasteiger partial charge in [-0.15, -0.1) is 0 Å². The van der Waals surface area contributed by atoms with Gasteiger partial charge in [-0.3, -0.25) is 4.90 Å². The Morgan fingerprint density at radius 2 is 1.71 bits per heavy atom. The number of benzene rings is 1. The first kappa shape index (κ1) is 23.8. The van der Waals surface area contributed by atoms with Crippen molar-refractivity contribution < 1.29 is 21.6 Å². The lowest BCUT2D eigenvalue weighted by molar-refractivity contribution is -0.137. The van der Waals surface area contributed by atoms with Gasteiger partial charge < -0.3 is 4.90 Å². The molecule has 0 saturated carbocycles. The molecule has 2 heterocycles. The van der Waals surface area contributed by atoms with Crippen molar-refractivity contribution >= 4 is 27.4 Å². The van der Waals surface area contributed by atoms with Gasteiger partial charge in [0.05, 0.1) is 10.5 Å². The second-order valence-electron chi connectivity index (χ2n) is 7.26. The van der Waals surface area contributed by atoms with E-state index >= 15 is 0 Å². The van der Waals surface area contributed by atoms with Crippen LogP contribution < -0.4 is 9.62 Å². The van der Waals surface area contributed by atoms with Crippen LogP contribution in [0, 0.1) is 0 Å². The Balaban J connectivity index is 1.40. The molecule has 0 bridgehead atoms. The minimum Gasteiger partial charge on any atom is -0.354 e. The zero-order valence-electron chi connectivity index (χ0n) is 16.8. The normalized spacial score (nSPS) is 15.9. The van der Waals surface area contributed by atoms with E-state index in [9.17, 15) is 21.6 Å². The van der Waals surface area contributed by atoms with Crippen molar-refractivity contribution in [2.75, 3.05) is 44.2 Å². The largest absolute Gasteiger partial charge is 0.419 e. The van der Waals surface area contributed by atoms with Crippen molar-refractivity contribution in [3.63, 3.8) is 0 Å². The van der Waals surface area contributed by atoms with Crippen molar-refractivity contribution in [3.8, 4) is 0 Å². The van der Waals surface area contributed by atoms with E-state index in [-0.39, 0.29) is 10.7 Å². The predicted octanol–water partition coefficient (Wildman–Crippen LogP) is 3.63. The van der Waals surface area contributed by atoms with Crippen LogP contribution in [0.3, 0.4) is 0 Å². The molecule has 6 nitrogen and oxygen atoms in total. The maximum Gasteiger partial charge on any atom is 0.419 e. The highest BCUT2D eigenvalue weighted by Crippen LogP contribution is 2.35. The lowest BCUT2D eigenvalue weighted by atomic mass is 10.2. The Morgan fingerprint density at radius 3 is 2.35 bits per heavy atom. The second-order valence-corrected chi connectivity index (χ2v) is 9.46. The molecule has 1 aliphatic heterocycles. The van der Waals surface area contributed by atoms with Crippen LogP contribution in [-0.4, -0.2) is 57.6 Å². The predicted molar refractivity (Wildman–Crippen MR) is 114 cm³/mol. The maximum atomic E-state index is 13.2. The van der Waals surface area contributed by atoms with E-state index in [1.165, 1.54) is 36.5 Å². The molecule has 11 heteroatoms. The molecular formula is C20H24ClF3N4O2S. The van der Waals surface area contributed by atoms with Crippen LogP contribution in [-0.2, 0) is 16.2 Å². The van der Waals surface area contributed by atoms with Crippen LogP contribution in [0.2, 0.25) is 5.02 Å². The van der Waals surface area contributed by atoms with Gasteiger partial charge in [-0.2, -0.15) is 13.2 Å². The SMILES string of the molecule is O=S(=O)(NCCCCN1CCN(c2ncccc2C(F)(F)F)CC1)c1ccc(Cl)cc1. The fourth-order valence-electron chi connectivity index (χ4n) is 3.42. The van der Waals surface area contributed by atoms with E-state index in [0.29, 0.717) is 44.2 Å². The number of rotatable bonds is 8. The van der Waals surface area contributed by atoms with Crippen molar-refractivity contribution in [2.45, 2.75) is 23.9 Å². The standard InChI is InChI=1S/C20H24ClF3N4O2S/c21-16-5-7-17(8-6-16)31(29,30)26-10-1-2-11-27-12-14-28(15-13-27)19-18(20(22,23)24)4-3-9-25-19/h3-9,26H,1-2,10-15H2. The van der Waals surface area contributed by atoms with Gasteiger partial charge in [-0.25, -0.2) is 18.1 Å². The average Bonchev–Trinajstić information content (AvgIpc) is 2.74. The molecule has 1 aromatic carbocycles. The van der Waals surface area contributed by atoms with Crippen LogP contribution in [0.1, 0.15) is 18.4 Å². The summed E-state index contributed by atoms with van der Waals surface area (Å²) in [5.74, 6) is -0.0220. The Labute approximate surface area is 185 Å². The molecule has 3 rings (SSSR count). The number of anilines is 1. The molecule has 1 N–H and O–H groups in total. The molecule has 0 atom stereocenters. The number of nitrogens with one attached hydrogen (secondary N) is 1. The summed E-state index contributed by atoms with van der Waals surface area (Å²) in [6, 6.07) is 8.31. The Bertz CT molecular complexity index is 963. The van der Waals surface area contributed by atoms with E-state index in [4.69, 9.17) is 11.6 Å². The first-order chi connectivity index (χ1) is 14.7. The van der Waals surface area contributed by atoms with Gasteiger partial charge >= 0.3 is 6.18 Å². The lowest BCUT2D eigenvalue weighted by Gasteiger charge is -2.36. The molecule has 0 spiro atoms. The Hall–Kier alpha value is -1.88. The number of piperazine rings is 1. The summed E-state index contributed by atoms with van der Waals surface area (Å²) in [4.78, 5) is 7.95. The van der Waals surface area contributed by atoms with Gasteiger partial charge in [-0.1, -0.05) is 11.6 Å². The quantitative estimate of drug-likeness (QED) is 0.589. The molecule has 0 radical (unpaired) electrons. The van der Waals surface area contributed by atoms with Crippen molar-refractivity contribution in [2.24, 2.45) is 0 Å². The van der Waals surface area contributed by atoms with Gasteiger partial charge in [0.15, 0.2) is 0 Å². The fraction of sp³-hybridized carbons (Fsp3) is 0.450. The Morgan fingerprint density at radius 1 is 1.03 bits per heavy atom. The van der Waals surface area contributed by atoms with Gasteiger partial charge in [0.1, 0.15) is 5.82 Å². The topological polar surface area (TPSA) is 65.5 Å². The van der Waals surface area contributed by atoms with E-state index < -0.39 is 21.8 Å². The smallest absolute Gasteiger partial charge is 0.354 e. The highest BCUT2D eigenvalue weighted by Gasteiger charge is 2.36. The van der Waals surface area contributed by atoms with Crippen LogP contribution in [0.15, 0.2) is 47.5 Å². The number of alkyl halides is 3. The molecule has 170 valence electrons. The molecule has 0 amide bonds. The molecule has 1 fully saturated rings. The second kappa shape index (κ2) is 10.2. The van der Waals surface area contributed by atoms with Crippen LogP contribution in [0.25, 0.3) is 0 Å². The van der Waals surface area contributed by atoms with Crippen molar-refractivity contribution in [1.29, 1.82) is 0 Å². The molecule has 2 aromatic rings. The van der Waals surface area contributed by atoms with E-state index in [1.807, 2.05) is 0 Å². The molecule has 31 heavy (non-hydrogen) atoms. The highest BCUT2D eigenvalue weighted by atomic mass is 35.5. The number of nitrogens with zero attached hydrogens (tertiary/aromatic N) is 3.